The lowest BCUT2D eigenvalue weighted by atomic mass is 10.2. The number of benzene rings is 1. The van der Waals surface area contributed by atoms with Gasteiger partial charge in [-0.25, -0.2) is 0 Å². The predicted molar refractivity (Wildman–Crippen MR) is 55.6 cm³/mol. The van der Waals surface area contributed by atoms with Crippen molar-refractivity contribution in [2.45, 2.75) is 11.4 Å². The van der Waals surface area contributed by atoms with Gasteiger partial charge in [0.1, 0.15) is 5.75 Å². The summed E-state index contributed by atoms with van der Waals surface area (Å²) in [4.78, 5) is 12.3. The first-order valence-electron chi connectivity index (χ1n) is 4.36. The summed E-state index contributed by atoms with van der Waals surface area (Å²) in [5.41, 5.74) is 1.15. The standard InChI is InChI=1S/C10H11NO2S/c1-13-8-3-2-7-5-11-10(12)6-14-9(7)4-8/h2-4H,5-6H2,1H3,(H,11,12). The highest BCUT2D eigenvalue weighted by Crippen LogP contribution is 2.28. The van der Waals surface area contributed by atoms with Crippen LogP contribution < -0.4 is 10.1 Å². The summed E-state index contributed by atoms with van der Waals surface area (Å²) < 4.78 is 5.13. The monoisotopic (exact) mass is 209 g/mol. The van der Waals surface area contributed by atoms with Gasteiger partial charge in [0.2, 0.25) is 5.91 Å². The molecular weight excluding hydrogens is 198 g/mol. The Morgan fingerprint density at radius 1 is 1.50 bits per heavy atom. The molecule has 0 aromatic heterocycles. The lowest BCUT2D eigenvalue weighted by Gasteiger charge is -2.06. The molecule has 1 aliphatic rings. The largest absolute Gasteiger partial charge is 0.497 e. The van der Waals surface area contributed by atoms with Crippen molar-refractivity contribution in [3.63, 3.8) is 0 Å². The summed E-state index contributed by atoms with van der Waals surface area (Å²) in [6.07, 6.45) is 0. The number of hydrogen-bond donors (Lipinski definition) is 1. The maximum absolute atomic E-state index is 11.1. The van der Waals surface area contributed by atoms with Crippen LogP contribution in [-0.4, -0.2) is 18.8 Å². The molecule has 74 valence electrons. The van der Waals surface area contributed by atoms with Crippen molar-refractivity contribution in [2.75, 3.05) is 12.9 Å². The van der Waals surface area contributed by atoms with Crippen molar-refractivity contribution in [3.8, 4) is 5.75 Å². The second-order valence-corrected chi connectivity index (χ2v) is 4.06. The quantitative estimate of drug-likeness (QED) is 0.760. The van der Waals surface area contributed by atoms with E-state index in [-0.39, 0.29) is 5.91 Å². The Balaban J connectivity index is 2.31. The molecule has 1 aromatic carbocycles. The SMILES string of the molecule is COc1ccc2c(c1)SCC(=O)NC2. The van der Waals surface area contributed by atoms with Crippen LogP contribution in [0.15, 0.2) is 23.1 Å². The zero-order chi connectivity index (χ0) is 9.97. The first-order chi connectivity index (χ1) is 6.79. The Hall–Kier alpha value is -1.16. The fraction of sp³-hybridized carbons (Fsp3) is 0.300. The van der Waals surface area contributed by atoms with Gasteiger partial charge < -0.3 is 10.1 Å². The van der Waals surface area contributed by atoms with Crippen LogP contribution in [0.3, 0.4) is 0 Å². The van der Waals surface area contributed by atoms with Crippen molar-refractivity contribution < 1.29 is 9.53 Å². The normalized spacial score (nSPS) is 15.4. The zero-order valence-electron chi connectivity index (χ0n) is 7.87. The Morgan fingerprint density at radius 2 is 2.36 bits per heavy atom. The van der Waals surface area contributed by atoms with Gasteiger partial charge in [0.05, 0.1) is 12.9 Å². The first kappa shape index (κ1) is 9.40. The van der Waals surface area contributed by atoms with E-state index in [4.69, 9.17) is 4.74 Å². The minimum absolute atomic E-state index is 0.0881. The van der Waals surface area contributed by atoms with Crippen molar-refractivity contribution in [2.24, 2.45) is 0 Å². The molecule has 14 heavy (non-hydrogen) atoms. The van der Waals surface area contributed by atoms with Crippen molar-refractivity contribution in [3.05, 3.63) is 23.8 Å². The zero-order valence-corrected chi connectivity index (χ0v) is 8.69. The number of ether oxygens (including phenoxy) is 1. The molecule has 1 aromatic rings. The number of methoxy groups -OCH3 is 1. The molecular formula is C10H11NO2S. The fourth-order valence-corrected chi connectivity index (χ4v) is 2.24. The molecule has 0 bridgehead atoms. The summed E-state index contributed by atoms with van der Waals surface area (Å²) in [6, 6.07) is 5.88. The van der Waals surface area contributed by atoms with E-state index in [1.807, 2.05) is 18.2 Å². The van der Waals surface area contributed by atoms with Crippen LogP contribution in [0.2, 0.25) is 0 Å². The van der Waals surface area contributed by atoms with Crippen LogP contribution in [0.5, 0.6) is 5.75 Å². The Kier molecular flexibility index (Phi) is 2.63. The number of thioether (sulfide) groups is 1. The molecule has 1 aliphatic heterocycles. The second kappa shape index (κ2) is 3.92. The highest BCUT2D eigenvalue weighted by Gasteiger charge is 2.12. The van der Waals surface area contributed by atoms with Crippen molar-refractivity contribution >= 4 is 17.7 Å². The summed E-state index contributed by atoms with van der Waals surface area (Å²) in [5.74, 6) is 1.41. The smallest absolute Gasteiger partial charge is 0.230 e. The summed E-state index contributed by atoms with van der Waals surface area (Å²) >= 11 is 1.56. The van der Waals surface area contributed by atoms with Gasteiger partial charge in [-0.1, -0.05) is 6.07 Å². The van der Waals surface area contributed by atoms with Gasteiger partial charge in [-0.15, -0.1) is 11.8 Å². The minimum Gasteiger partial charge on any atom is -0.497 e. The number of hydrogen-bond acceptors (Lipinski definition) is 3. The van der Waals surface area contributed by atoms with Crippen LogP contribution in [0.25, 0.3) is 0 Å². The average Bonchev–Trinajstić information content (AvgIpc) is 2.40. The van der Waals surface area contributed by atoms with E-state index in [0.717, 1.165) is 16.2 Å². The predicted octanol–water partition coefficient (Wildman–Crippen LogP) is 1.42. The third kappa shape index (κ3) is 1.85. The van der Waals surface area contributed by atoms with Crippen LogP contribution in [-0.2, 0) is 11.3 Å². The van der Waals surface area contributed by atoms with E-state index in [2.05, 4.69) is 5.32 Å². The second-order valence-electron chi connectivity index (χ2n) is 3.04. The lowest BCUT2D eigenvalue weighted by molar-refractivity contribution is -0.118. The number of carbonyl (C=O) groups is 1. The number of nitrogens with one attached hydrogen (secondary N) is 1. The van der Waals surface area contributed by atoms with Crippen LogP contribution in [0.4, 0.5) is 0 Å². The van der Waals surface area contributed by atoms with E-state index in [9.17, 15) is 4.79 Å². The fourth-order valence-electron chi connectivity index (χ4n) is 1.33. The van der Waals surface area contributed by atoms with Gasteiger partial charge in [-0.05, 0) is 17.7 Å². The molecule has 0 spiro atoms. The van der Waals surface area contributed by atoms with Gasteiger partial charge in [-0.3, -0.25) is 4.79 Å². The summed E-state index contributed by atoms with van der Waals surface area (Å²) in [5, 5.41) is 2.84. The molecule has 0 unspecified atom stereocenters. The molecule has 0 saturated heterocycles. The molecule has 1 N–H and O–H groups in total. The lowest BCUT2D eigenvalue weighted by Crippen LogP contribution is -2.22. The number of amides is 1. The molecule has 4 heteroatoms. The summed E-state index contributed by atoms with van der Waals surface area (Å²) in [6.45, 7) is 0.616. The molecule has 0 saturated carbocycles. The van der Waals surface area contributed by atoms with Crippen LogP contribution in [0, 0.1) is 0 Å². The Morgan fingerprint density at radius 3 is 3.14 bits per heavy atom. The van der Waals surface area contributed by atoms with Crippen molar-refractivity contribution in [1.29, 1.82) is 0 Å². The molecule has 0 fully saturated rings. The molecule has 3 nitrogen and oxygen atoms in total. The van der Waals surface area contributed by atoms with E-state index in [1.165, 1.54) is 0 Å². The first-order valence-corrected chi connectivity index (χ1v) is 5.34. The van der Waals surface area contributed by atoms with Gasteiger partial charge in [0, 0.05) is 11.4 Å². The molecule has 1 heterocycles. The number of carbonyl (C=O) groups excluding carboxylic acids is 1. The molecule has 2 rings (SSSR count). The van der Waals surface area contributed by atoms with Crippen LogP contribution in [0.1, 0.15) is 5.56 Å². The van der Waals surface area contributed by atoms with E-state index >= 15 is 0 Å². The van der Waals surface area contributed by atoms with E-state index < -0.39 is 0 Å². The maximum atomic E-state index is 11.1. The van der Waals surface area contributed by atoms with Gasteiger partial charge >= 0.3 is 0 Å². The van der Waals surface area contributed by atoms with Crippen molar-refractivity contribution in [1.82, 2.24) is 5.32 Å². The number of fused-ring (bicyclic) bond motifs is 1. The van der Waals surface area contributed by atoms with E-state index in [0.29, 0.717) is 12.3 Å². The minimum atomic E-state index is 0.0881. The van der Waals surface area contributed by atoms with Gasteiger partial charge in [0.15, 0.2) is 0 Å². The van der Waals surface area contributed by atoms with Gasteiger partial charge in [0.25, 0.3) is 0 Å². The molecule has 0 radical (unpaired) electrons. The summed E-state index contributed by atoms with van der Waals surface area (Å²) in [7, 11) is 1.65. The highest BCUT2D eigenvalue weighted by molar-refractivity contribution is 8.00. The topological polar surface area (TPSA) is 38.3 Å². The molecule has 1 amide bonds. The Bertz CT molecular complexity index is 365. The third-order valence-electron chi connectivity index (χ3n) is 2.11. The highest BCUT2D eigenvalue weighted by atomic mass is 32.2. The van der Waals surface area contributed by atoms with Gasteiger partial charge in [-0.2, -0.15) is 0 Å². The molecule has 0 atom stereocenters. The third-order valence-corrected chi connectivity index (χ3v) is 3.21. The molecule has 0 aliphatic carbocycles. The number of rotatable bonds is 1. The maximum Gasteiger partial charge on any atom is 0.230 e. The Labute approximate surface area is 86.8 Å². The van der Waals surface area contributed by atoms with E-state index in [1.54, 1.807) is 18.9 Å². The van der Waals surface area contributed by atoms with Crippen LogP contribution >= 0.6 is 11.8 Å². The average molecular weight is 209 g/mol.